The number of hydrogen-bond donors (Lipinski definition) is 1. The van der Waals surface area contributed by atoms with Gasteiger partial charge in [0.15, 0.2) is 11.5 Å². The Labute approximate surface area is 180 Å². The van der Waals surface area contributed by atoms with E-state index in [-0.39, 0.29) is 24.5 Å². The summed E-state index contributed by atoms with van der Waals surface area (Å²) in [6.07, 6.45) is 2.49. The van der Waals surface area contributed by atoms with E-state index in [0.717, 1.165) is 11.1 Å². The Morgan fingerprint density at radius 2 is 1.63 bits per heavy atom. The van der Waals surface area contributed by atoms with E-state index < -0.39 is 0 Å². The van der Waals surface area contributed by atoms with Gasteiger partial charge in [0, 0.05) is 12.5 Å². The number of rotatable bonds is 13. The largest absolute Gasteiger partial charge is 0.493 e. The molecule has 30 heavy (non-hydrogen) atoms. The van der Waals surface area contributed by atoms with E-state index in [9.17, 15) is 5.11 Å². The van der Waals surface area contributed by atoms with Gasteiger partial charge in [0.05, 0.1) is 33.5 Å². The fraction of sp³-hybridized carbons (Fsp3) is 0.440. The summed E-state index contributed by atoms with van der Waals surface area (Å²) in [7, 11) is 3.22. The van der Waals surface area contributed by atoms with Crippen molar-refractivity contribution in [2.75, 3.05) is 27.4 Å². The van der Waals surface area contributed by atoms with Crippen LogP contribution >= 0.6 is 0 Å². The fourth-order valence-corrected chi connectivity index (χ4v) is 3.34. The van der Waals surface area contributed by atoms with Crippen LogP contribution in [-0.4, -0.2) is 38.6 Å². The van der Waals surface area contributed by atoms with Crippen molar-refractivity contribution in [1.82, 2.24) is 0 Å². The van der Waals surface area contributed by atoms with Gasteiger partial charge in [0.2, 0.25) is 5.75 Å². The Morgan fingerprint density at radius 3 is 2.13 bits per heavy atom. The van der Waals surface area contributed by atoms with Crippen molar-refractivity contribution in [2.45, 2.75) is 33.0 Å². The smallest absolute Gasteiger partial charge is 0.203 e. The maximum Gasteiger partial charge on any atom is 0.203 e. The van der Waals surface area contributed by atoms with Crippen LogP contribution in [0.15, 0.2) is 55.1 Å². The van der Waals surface area contributed by atoms with Gasteiger partial charge in [-0.1, -0.05) is 36.4 Å². The molecule has 0 radical (unpaired) electrons. The summed E-state index contributed by atoms with van der Waals surface area (Å²) in [4.78, 5) is 0. The molecule has 0 heterocycles. The van der Waals surface area contributed by atoms with Gasteiger partial charge in [-0.05, 0) is 49.4 Å². The van der Waals surface area contributed by atoms with Crippen molar-refractivity contribution in [3.8, 4) is 17.2 Å². The van der Waals surface area contributed by atoms with Gasteiger partial charge in [-0.25, -0.2) is 0 Å². The molecule has 0 saturated heterocycles. The molecule has 2 rings (SSSR count). The summed E-state index contributed by atoms with van der Waals surface area (Å²) < 4.78 is 22.8. The zero-order chi connectivity index (χ0) is 21.9. The van der Waals surface area contributed by atoms with Crippen LogP contribution in [0.3, 0.4) is 0 Å². The van der Waals surface area contributed by atoms with Crippen LogP contribution in [0.2, 0.25) is 0 Å². The van der Waals surface area contributed by atoms with Crippen LogP contribution in [-0.2, 0) is 17.8 Å². The predicted molar refractivity (Wildman–Crippen MR) is 119 cm³/mol. The second-order valence-corrected chi connectivity index (χ2v) is 7.54. The van der Waals surface area contributed by atoms with E-state index in [2.05, 4.69) is 6.58 Å². The molecule has 5 nitrogen and oxygen atoms in total. The highest BCUT2D eigenvalue weighted by Gasteiger charge is 2.22. The normalized spacial score (nSPS) is 13.0. The molecule has 0 aromatic heterocycles. The maximum atomic E-state index is 10.0. The van der Waals surface area contributed by atoms with Crippen molar-refractivity contribution >= 4 is 0 Å². The van der Waals surface area contributed by atoms with Gasteiger partial charge < -0.3 is 24.1 Å². The minimum Gasteiger partial charge on any atom is -0.493 e. The first-order valence-electron chi connectivity index (χ1n) is 10.3. The second-order valence-electron chi connectivity index (χ2n) is 7.54. The third kappa shape index (κ3) is 6.78. The molecule has 2 atom stereocenters. The summed E-state index contributed by atoms with van der Waals surface area (Å²) >= 11 is 0. The molecule has 2 aromatic carbocycles. The number of benzene rings is 2. The molecule has 0 aliphatic heterocycles. The van der Waals surface area contributed by atoms with Crippen molar-refractivity contribution < 1.29 is 24.1 Å². The van der Waals surface area contributed by atoms with Crippen LogP contribution in [0, 0.1) is 11.8 Å². The summed E-state index contributed by atoms with van der Waals surface area (Å²) in [6.45, 7) is 8.92. The molecule has 0 amide bonds. The van der Waals surface area contributed by atoms with Crippen LogP contribution in [0.1, 0.15) is 25.0 Å². The molecule has 1 N–H and O–H groups in total. The van der Waals surface area contributed by atoms with Crippen LogP contribution in [0.4, 0.5) is 0 Å². The molecule has 2 aromatic rings. The lowest BCUT2D eigenvalue weighted by molar-refractivity contribution is 0.0671. The SMILES string of the molecule is C=C[C@H](COCc1ccccc1)[C@H](CO)Cc1cc(OC)c(OC(C)C)c(OC)c1. The van der Waals surface area contributed by atoms with E-state index in [1.165, 1.54) is 0 Å². The number of methoxy groups -OCH3 is 2. The number of aliphatic hydroxyl groups excluding tert-OH is 1. The van der Waals surface area contributed by atoms with Crippen LogP contribution < -0.4 is 14.2 Å². The first kappa shape index (κ1) is 23.8. The van der Waals surface area contributed by atoms with E-state index in [4.69, 9.17) is 18.9 Å². The van der Waals surface area contributed by atoms with E-state index in [1.54, 1.807) is 14.2 Å². The molecule has 0 spiro atoms. The first-order chi connectivity index (χ1) is 14.5. The molecule has 164 valence electrons. The summed E-state index contributed by atoms with van der Waals surface area (Å²) in [5.41, 5.74) is 2.12. The molecule has 0 fully saturated rings. The Bertz CT molecular complexity index is 747. The van der Waals surface area contributed by atoms with Crippen molar-refractivity contribution in [3.05, 3.63) is 66.2 Å². The molecular weight excluding hydrogens is 380 g/mol. The third-order valence-electron chi connectivity index (χ3n) is 4.94. The Morgan fingerprint density at radius 1 is 1.00 bits per heavy atom. The predicted octanol–water partition coefficient (Wildman–Crippen LogP) is 4.66. The molecular formula is C25H34O5. The Hall–Kier alpha value is -2.50. The standard InChI is InChI=1S/C25H34O5/c1-6-21(17-29-16-19-10-8-7-9-11-19)22(15-26)12-20-13-23(27-4)25(30-18(2)3)24(14-20)28-5/h6-11,13-14,18,21-22,26H,1,12,15-17H2,2-5H3/t21-,22+/m1/s1. The van der Waals surface area contributed by atoms with Gasteiger partial charge in [0.1, 0.15) is 0 Å². The van der Waals surface area contributed by atoms with E-state index >= 15 is 0 Å². The van der Waals surface area contributed by atoms with Gasteiger partial charge >= 0.3 is 0 Å². The number of hydrogen-bond acceptors (Lipinski definition) is 5. The first-order valence-corrected chi connectivity index (χ1v) is 10.3. The molecule has 5 heteroatoms. The van der Waals surface area contributed by atoms with Crippen molar-refractivity contribution in [3.63, 3.8) is 0 Å². The van der Waals surface area contributed by atoms with E-state index in [0.29, 0.717) is 36.9 Å². The highest BCUT2D eigenvalue weighted by Crippen LogP contribution is 2.40. The topological polar surface area (TPSA) is 57.2 Å². The highest BCUT2D eigenvalue weighted by atomic mass is 16.5. The Balaban J connectivity index is 2.11. The monoisotopic (exact) mass is 414 g/mol. The summed E-state index contributed by atoms with van der Waals surface area (Å²) in [5, 5.41) is 10.0. The van der Waals surface area contributed by atoms with Crippen LogP contribution in [0.25, 0.3) is 0 Å². The zero-order valence-electron chi connectivity index (χ0n) is 18.5. The summed E-state index contributed by atoms with van der Waals surface area (Å²) in [5.74, 6) is 1.80. The Kier molecular flexibility index (Phi) is 9.71. The van der Waals surface area contributed by atoms with Crippen LogP contribution in [0.5, 0.6) is 17.2 Å². The van der Waals surface area contributed by atoms with Gasteiger partial charge in [-0.15, -0.1) is 6.58 Å². The highest BCUT2D eigenvalue weighted by molar-refractivity contribution is 5.54. The lowest BCUT2D eigenvalue weighted by Crippen LogP contribution is -2.24. The lowest BCUT2D eigenvalue weighted by atomic mass is 9.87. The molecule has 0 bridgehead atoms. The number of ether oxygens (including phenoxy) is 4. The fourth-order valence-electron chi connectivity index (χ4n) is 3.34. The second kappa shape index (κ2) is 12.3. The average Bonchev–Trinajstić information content (AvgIpc) is 2.76. The third-order valence-corrected chi connectivity index (χ3v) is 4.94. The number of aliphatic hydroxyl groups is 1. The van der Waals surface area contributed by atoms with Crippen molar-refractivity contribution in [1.29, 1.82) is 0 Å². The van der Waals surface area contributed by atoms with Gasteiger partial charge in [0.25, 0.3) is 0 Å². The minimum absolute atomic E-state index is 0.00394. The van der Waals surface area contributed by atoms with Gasteiger partial charge in [-0.3, -0.25) is 0 Å². The molecule has 0 aliphatic rings. The molecule has 0 unspecified atom stereocenters. The lowest BCUT2D eigenvalue weighted by Gasteiger charge is -2.24. The van der Waals surface area contributed by atoms with E-state index in [1.807, 2.05) is 62.4 Å². The van der Waals surface area contributed by atoms with Gasteiger partial charge in [-0.2, -0.15) is 0 Å². The average molecular weight is 415 g/mol. The summed E-state index contributed by atoms with van der Waals surface area (Å²) in [6, 6.07) is 13.9. The molecule has 0 saturated carbocycles. The minimum atomic E-state index is -0.0375. The van der Waals surface area contributed by atoms with Crippen molar-refractivity contribution in [2.24, 2.45) is 11.8 Å². The maximum absolute atomic E-state index is 10.0. The quantitative estimate of drug-likeness (QED) is 0.483. The zero-order valence-corrected chi connectivity index (χ0v) is 18.5. The molecule has 0 aliphatic carbocycles.